The first-order valence-corrected chi connectivity index (χ1v) is 6.05. The number of alkyl carbamates (subject to hydrolysis) is 1. The highest BCUT2D eigenvalue weighted by molar-refractivity contribution is 5.90. The van der Waals surface area contributed by atoms with E-state index in [9.17, 15) is 18.4 Å². The van der Waals surface area contributed by atoms with Crippen molar-refractivity contribution < 1.29 is 23.1 Å². The number of carbonyl (C=O) groups excluding carboxylic acids is 2. The molecule has 18 heavy (non-hydrogen) atoms. The maximum absolute atomic E-state index is 12.9. The molecule has 2 rings (SSSR count). The van der Waals surface area contributed by atoms with Crippen LogP contribution in [0.4, 0.5) is 13.6 Å². The Kier molecular flexibility index (Phi) is 3.68. The van der Waals surface area contributed by atoms with E-state index in [2.05, 4.69) is 10.6 Å². The average Bonchev–Trinajstić information content (AvgIpc) is 2.33. The smallest absolute Gasteiger partial charge is 0.407 e. The summed E-state index contributed by atoms with van der Waals surface area (Å²) < 4.78 is 30.7. The third-order valence-corrected chi connectivity index (χ3v) is 3.38. The van der Waals surface area contributed by atoms with Gasteiger partial charge in [0.05, 0.1) is 6.61 Å². The van der Waals surface area contributed by atoms with Crippen molar-refractivity contribution in [3.8, 4) is 0 Å². The van der Waals surface area contributed by atoms with Gasteiger partial charge >= 0.3 is 6.09 Å². The molecule has 0 aromatic rings. The fraction of sp³-hybridized carbons (Fsp3) is 0.818. The Balaban J connectivity index is 1.63. The third kappa shape index (κ3) is 3.30. The van der Waals surface area contributed by atoms with Crippen LogP contribution in [-0.4, -0.2) is 37.1 Å². The molecule has 1 atom stereocenters. The van der Waals surface area contributed by atoms with Crippen molar-refractivity contribution in [2.24, 2.45) is 5.92 Å². The van der Waals surface area contributed by atoms with Crippen molar-refractivity contribution >= 4 is 12.0 Å². The second-order valence-corrected chi connectivity index (χ2v) is 4.84. The van der Waals surface area contributed by atoms with Crippen molar-refractivity contribution in [2.75, 3.05) is 13.2 Å². The van der Waals surface area contributed by atoms with Crippen LogP contribution in [0.3, 0.4) is 0 Å². The zero-order chi connectivity index (χ0) is 13.2. The molecule has 7 heteroatoms. The lowest BCUT2D eigenvalue weighted by Gasteiger charge is -2.29. The molecule has 1 heterocycles. The summed E-state index contributed by atoms with van der Waals surface area (Å²) in [5, 5.41) is 4.89. The quantitative estimate of drug-likeness (QED) is 0.747. The van der Waals surface area contributed by atoms with Crippen molar-refractivity contribution in [3.63, 3.8) is 0 Å². The van der Waals surface area contributed by atoms with Crippen LogP contribution in [0.25, 0.3) is 0 Å². The van der Waals surface area contributed by atoms with Crippen molar-refractivity contribution in [2.45, 2.75) is 37.6 Å². The second-order valence-electron chi connectivity index (χ2n) is 4.84. The standard InChI is InChI=1S/C11H16F2N2O3/c12-11(13)3-1-7(2-4-11)6-18-10(17)15-8-5-14-9(8)16/h7-8H,1-6H2,(H,14,16)(H,15,17)/t8-/m0/s1. The molecular weight excluding hydrogens is 246 g/mol. The molecule has 0 bridgehead atoms. The second kappa shape index (κ2) is 5.07. The lowest BCUT2D eigenvalue weighted by molar-refractivity contribution is -0.128. The van der Waals surface area contributed by atoms with Gasteiger partial charge in [0.15, 0.2) is 0 Å². The average molecular weight is 262 g/mol. The minimum atomic E-state index is -2.57. The van der Waals surface area contributed by atoms with E-state index in [1.807, 2.05) is 0 Å². The number of rotatable bonds is 3. The Morgan fingerprint density at radius 2 is 2.11 bits per heavy atom. The largest absolute Gasteiger partial charge is 0.449 e. The zero-order valence-electron chi connectivity index (χ0n) is 9.88. The molecule has 1 aliphatic heterocycles. The summed E-state index contributed by atoms with van der Waals surface area (Å²) in [5.41, 5.74) is 0. The van der Waals surface area contributed by atoms with E-state index < -0.39 is 18.1 Å². The lowest BCUT2D eigenvalue weighted by Crippen LogP contribution is -2.61. The molecule has 1 aliphatic carbocycles. The van der Waals surface area contributed by atoms with E-state index in [4.69, 9.17) is 4.74 Å². The minimum absolute atomic E-state index is 0.00871. The van der Waals surface area contributed by atoms with Crippen LogP contribution in [0, 0.1) is 5.92 Å². The van der Waals surface area contributed by atoms with Crippen LogP contribution >= 0.6 is 0 Å². The summed E-state index contributed by atoms with van der Waals surface area (Å²) in [6.07, 6.45) is -0.220. The maximum atomic E-state index is 12.9. The van der Waals surface area contributed by atoms with Crippen LogP contribution in [-0.2, 0) is 9.53 Å². The number of β-lactam (4-membered cyclic amide) rings is 1. The van der Waals surface area contributed by atoms with Gasteiger partial charge in [-0.2, -0.15) is 0 Å². The number of ether oxygens (including phenoxy) is 1. The van der Waals surface area contributed by atoms with E-state index >= 15 is 0 Å². The van der Waals surface area contributed by atoms with Gasteiger partial charge in [0, 0.05) is 19.4 Å². The Bertz CT molecular complexity index is 339. The van der Waals surface area contributed by atoms with Crippen LogP contribution < -0.4 is 10.6 Å². The van der Waals surface area contributed by atoms with E-state index in [0.29, 0.717) is 19.4 Å². The molecule has 1 saturated heterocycles. The lowest BCUT2D eigenvalue weighted by atomic mass is 9.87. The van der Waals surface area contributed by atoms with Gasteiger partial charge in [0.1, 0.15) is 6.04 Å². The van der Waals surface area contributed by atoms with Crippen LogP contribution in [0.5, 0.6) is 0 Å². The number of halogens is 2. The number of amides is 2. The minimum Gasteiger partial charge on any atom is -0.449 e. The monoisotopic (exact) mass is 262 g/mol. The molecule has 0 aromatic carbocycles. The summed E-state index contributed by atoms with van der Waals surface area (Å²) in [7, 11) is 0. The van der Waals surface area contributed by atoms with Crippen molar-refractivity contribution in [1.29, 1.82) is 0 Å². The molecule has 2 aliphatic rings. The number of carbonyl (C=O) groups is 2. The van der Waals surface area contributed by atoms with Gasteiger partial charge in [0.25, 0.3) is 0 Å². The van der Waals surface area contributed by atoms with Gasteiger partial charge in [-0.1, -0.05) is 0 Å². The van der Waals surface area contributed by atoms with E-state index in [1.54, 1.807) is 0 Å². The highest BCUT2D eigenvalue weighted by atomic mass is 19.3. The van der Waals surface area contributed by atoms with Gasteiger partial charge in [-0.15, -0.1) is 0 Å². The number of hydrogen-bond donors (Lipinski definition) is 2. The molecule has 0 spiro atoms. The summed E-state index contributed by atoms with van der Waals surface area (Å²) in [4.78, 5) is 22.2. The topological polar surface area (TPSA) is 67.4 Å². The number of hydrogen-bond acceptors (Lipinski definition) is 3. The van der Waals surface area contributed by atoms with Gasteiger partial charge in [0.2, 0.25) is 11.8 Å². The molecule has 102 valence electrons. The van der Waals surface area contributed by atoms with Crippen LogP contribution in [0.2, 0.25) is 0 Å². The molecule has 0 unspecified atom stereocenters. The Morgan fingerprint density at radius 3 is 2.61 bits per heavy atom. The Hall–Kier alpha value is -1.40. The van der Waals surface area contributed by atoms with Gasteiger partial charge < -0.3 is 15.4 Å². The highest BCUT2D eigenvalue weighted by Gasteiger charge is 2.35. The number of nitrogens with one attached hydrogen (secondary N) is 2. The fourth-order valence-electron chi connectivity index (χ4n) is 2.05. The SMILES string of the molecule is O=C(N[C@H]1CNC1=O)OCC1CCC(F)(F)CC1. The number of alkyl halides is 2. The fourth-order valence-corrected chi connectivity index (χ4v) is 2.05. The Labute approximate surface area is 103 Å². The first-order chi connectivity index (χ1) is 8.46. The molecule has 1 saturated carbocycles. The molecule has 2 fully saturated rings. The summed E-state index contributed by atoms with van der Waals surface area (Å²) in [6, 6.07) is -0.520. The molecular formula is C11H16F2N2O3. The van der Waals surface area contributed by atoms with Gasteiger partial charge in [-0.3, -0.25) is 4.79 Å². The maximum Gasteiger partial charge on any atom is 0.407 e. The predicted octanol–water partition coefficient (Wildman–Crippen LogP) is 1.04. The summed E-state index contributed by atoms with van der Waals surface area (Å²) in [6.45, 7) is 0.542. The van der Waals surface area contributed by atoms with Crippen molar-refractivity contribution in [3.05, 3.63) is 0 Å². The summed E-state index contributed by atoms with van der Waals surface area (Å²) >= 11 is 0. The van der Waals surface area contributed by atoms with E-state index in [-0.39, 0.29) is 31.3 Å². The van der Waals surface area contributed by atoms with E-state index in [0.717, 1.165) is 0 Å². The third-order valence-electron chi connectivity index (χ3n) is 3.38. The molecule has 2 N–H and O–H groups in total. The zero-order valence-corrected chi connectivity index (χ0v) is 9.88. The molecule has 2 amide bonds. The molecule has 5 nitrogen and oxygen atoms in total. The van der Waals surface area contributed by atoms with Crippen LogP contribution in [0.15, 0.2) is 0 Å². The first-order valence-electron chi connectivity index (χ1n) is 6.05. The van der Waals surface area contributed by atoms with Gasteiger partial charge in [-0.05, 0) is 18.8 Å². The normalized spacial score (nSPS) is 27.0. The first kappa shape index (κ1) is 13.0. The Morgan fingerprint density at radius 1 is 1.44 bits per heavy atom. The van der Waals surface area contributed by atoms with Crippen molar-refractivity contribution in [1.82, 2.24) is 10.6 Å². The molecule has 0 radical (unpaired) electrons. The van der Waals surface area contributed by atoms with Crippen LogP contribution in [0.1, 0.15) is 25.7 Å². The predicted molar refractivity (Wildman–Crippen MR) is 58.2 cm³/mol. The molecule has 0 aromatic heterocycles. The highest BCUT2D eigenvalue weighted by Crippen LogP contribution is 2.36. The van der Waals surface area contributed by atoms with Gasteiger partial charge in [-0.25, -0.2) is 13.6 Å². The summed E-state index contributed by atoms with van der Waals surface area (Å²) in [5.74, 6) is -2.81. The van der Waals surface area contributed by atoms with E-state index in [1.165, 1.54) is 0 Å².